The molecule has 4 heterocycles. The fourth-order valence-electron chi connectivity index (χ4n) is 3.77. The van der Waals surface area contributed by atoms with Crippen LogP contribution in [0.4, 0.5) is 0 Å². The second-order valence-corrected chi connectivity index (χ2v) is 11.0. The summed E-state index contributed by atoms with van der Waals surface area (Å²) in [5.41, 5.74) is 3.07. The molecule has 5 nitrogen and oxygen atoms in total. The highest BCUT2D eigenvalue weighted by atomic mass is 79.9. The molecule has 2 fully saturated rings. The SMILES string of the molecule is CN1C(=O)[C@@H]2[C@H](C1=O)[C@@]1(Br)S[C@]2(Br)c2nc3ccccc3nc21. The largest absolute Gasteiger partial charge is 0.285 e. The predicted octanol–water partition coefficient (Wildman–Crippen LogP) is 2.72. The summed E-state index contributed by atoms with van der Waals surface area (Å²) in [7, 11) is 1.54. The first-order valence-electron chi connectivity index (χ1n) is 7.05. The first-order valence-corrected chi connectivity index (χ1v) is 9.45. The smallest absolute Gasteiger partial charge is 0.235 e. The van der Waals surface area contributed by atoms with Crippen molar-refractivity contribution in [3.63, 3.8) is 0 Å². The van der Waals surface area contributed by atoms with Crippen molar-refractivity contribution in [1.29, 1.82) is 0 Å². The third-order valence-electron chi connectivity index (χ3n) is 4.84. The maximum absolute atomic E-state index is 12.6. The van der Waals surface area contributed by atoms with E-state index in [0.717, 1.165) is 22.4 Å². The van der Waals surface area contributed by atoms with Crippen LogP contribution in [0.1, 0.15) is 11.4 Å². The first-order chi connectivity index (χ1) is 10.9. The topological polar surface area (TPSA) is 63.2 Å². The van der Waals surface area contributed by atoms with Crippen LogP contribution in [0.3, 0.4) is 0 Å². The molecule has 1 aromatic carbocycles. The third kappa shape index (κ3) is 1.46. The minimum Gasteiger partial charge on any atom is -0.285 e. The quantitative estimate of drug-likeness (QED) is 0.452. The fourth-order valence-corrected chi connectivity index (χ4v) is 9.06. The molecule has 116 valence electrons. The minimum atomic E-state index is -0.717. The Morgan fingerprint density at radius 3 is 1.87 bits per heavy atom. The lowest BCUT2D eigenvalue weighted by molar-refractivity contribution is -0.138. The Kier molecular flexibility index (Phi) is 2.59. The van der Waals surface area contributed by atoms with Gasteiger partial charge in [0.1, 0.15) is 7.31 Å². The number of para-hydroxylation sites is 2. The molecule has 5 rings (SSSR count). The Morgan fingerprint density at radius 2 is 1.43 bits per heavy atom. The highest BCUT2D eigenvalue weighted by molar-refractivity contribution is 9.13. The van der Waals surface area contributed by atoms with Gasteiger partial charge in [0.15, 0.2) is 0 Å². The van der Waals surface area contributed by atoms with Crippen LogP contribution in [0, 0.1) is 11.8 Å². The van der Waals surface area contributed by atoms with Gasteiger partial charge in [-0.05, 0) is 12.1 Å². The maximum Gasteiger partial charge on any atom is 0.235 e. The Morgan fingerprint density at radius 1 is 1.00 bits per heavy atom. The van der Waals surface area contributed by atoms with Crippen molar-refractivity contribution in [2.24, 2.45) is 11.8 Å². The fraction of sp³-hybridized carbons (Fsp3) is 0.333. The molecule has 0 saturated carbocycles. The van der Waals surface area contributed by atoms with Crippen molar-refractivity contribution >= 4 is 66.5 Å². The number of likely N-dealkylation sites (tertiary alicyclic amines) is 1. The number of imide groups is 1. The van der Waals surface area contributed by atoms with Crippen molar-refractivity contribution in [3.05, 3.63) is 35.7 Å². The van der Waals surface area contributed by atoms with E-state index in [4.69, 9.17) is 9.97 Å². The highest BCUT2D eigenvalue weighted by Gasteiger charge is 2.77. The molecular weight excluding hydrogens is 446 g/mol. The van der Waals surface area contributed by atoms with Gasteiger partial charge in [-0.3, -0.25) is 14.5 Å². The predicted molar refractivity (Wildman–Crippen MR) is 93.1 cm³/mol. The van der Waals surface area contributed by atoms with E-state index < -0.39 is 19.1 Å². The lowest BCUT2D eigenvalue weighted by Crippen LogP contribution is -2.37. The van der Waals surface area contributed by atoms with E-state index in [1.807, 2.05) is 24.3 Å². The maximum atomic E-state index is 12.6. The summed E-state index contributed by atoms with van der Waals surface area (Å²) in [6.45, 7) is 0. The highest BCUT2D eigenvalue weighted by Crippen LogP contribution is 2.78. The summed E-state index contributed by atoms with van der Waals surface area (Å²) in [6, 6.07) is 7.63. The molecule has 8 heteroatoms. The Bertz CT molecular complexity index is 866. The van der Waals surface area contributed by atoms with Crippen LogP contribution in [0.5, 0.6) is 0 Å². The van der Waals surface area contributed by atoms with Crippen LogP contribution in [0.25, 0.3) is 11.0 Å². The van der Waals surface area contributed by atoms with Crippen LogP contribution in [-0.2, 0) is 16.9 Å². The standard InChI is InChI=1S/C15H9Br2N3O2S/c1-20-12(21)8-9(13(20)22)15(17)11-10(14(8,16)23-15)18-6-4-2-3-5-7(6)19-11/h2-5,8-9H,1H3/t8-,9+,14-,15+. The summed E-state index contributed by atoms with van der Waals surface area (Å²) in [5, 5.41) is 0. The van der Waals surface area contributed by atoms with Gasteiger partial charge in [0.25, 0.3) is 0 Å². The number of amides is 2. The normalized spacial score (nSPS) is 37.6. The van der Waals surface area contributed by atoms with Gasteiger partial charge in [0.2, 0.25) is 11.8 Å². The minimum absolute atomic E-state index is 0.161. The van der Waals surface area contributed by atoms with Crippen LogP contribution >= 0.6 is 43.6 Å². The summed E-state index contributed by atoms with van der Waals surface area (Å²) < 4.78 is -1.43. The lowest BCUT2D eigenvalue weighted by atomic mass is 9.81. The van der Waals surface area contributed by atoms with Gasteiger partial charge in [-0.1, -0.05) is 44.0 Å². The van der Waals surface area contributed by atoms with Gasteiger partial charge in [0.05, 0.1) is 34.3 Å². The molecule has 0 spiro atoms. The second kappa shape index (κ2) is 4.15. The number of aromatic nitrogens is 2. The zero-order chi connectivity index (χ0) is 16.1. The zero-order valence-electron chi connectivity index (χ0n) is 11.8. The van der Waals surface area contributed by atoms with Crippen molar-refractivity contribution in [2.75, 3.05) is 7.05 Å². The molecule has 4 atom stereocenters. The molecule has 23 heavy (non-hydrogen) atoms. The van der Waals surface area contributed by atoms with Crippen LogP contribution in [0.15, 0.2) is 24.3 Å². The molecule has 2 bridgehead atoms. The van der Waals surface area contributed by atoms with Gasteiger partial charge in [-0.25, -0.2) is 9.97 Å². The first kappa shape index (κ1) is 14.4. The number of fused-ring (bicyclic) bond motifs is 9. The number of halogens is 2. The zero-order valence-corrected chi connectivity index (χ0v) is 15.8. The van der Waals surface area contributed by atoms with Crippen LogP contribution in [-0.4, -0.2) is 33.7 Å². The van der Waals surface area contributed by atoms with E-state index >= 15 is 0 Å². The van der Waals surface area contributed by atoms with Crippen LogP contribution < -0.4 is 0 Å². The van der Waals surface area contributed by atoms with E-state index in [2.05, 4.69) is 31.9 Å². The number of alkyl halides is 2. The number of benzene rings is 1. The summed E-state index contributed by atoms with van der Waals surface area (Å²) in [4.78, 5) is 35.9. The van der Waals surface area contributed by atoms with Gasteiger partial charge in [-0.15, -0.1) is 11.8 Å². The van der Waals surface area contributed by atoms with E-state index in [0.29, 0.717) is 0 Å². The second-order valence-electron chi connectivity index (χ2n) is 5.99. The summed E-state index contributed by atoms with van der Waals surface area (Å²) in [6.07, 6.45) is 0. The Balaban J connectivity index is 1.85. The van der Waals surface area contributed by atoms with E-state index in [-0.39, 0.29) is 11.8 Å². The molecule has 2 saturated heterocycles. The molecule has 0 aliphatic carbocycles. The third-order valence-corrected chi connectivity index (χ3v) is 9.04. The van der Waals surface area contributed by atoms with Gasteiger partial charge < -0.3 is 0 Å². The number of nitrogens with zero attached hydrogens (tertiary/aromatic N) is 3. The lowest BCUT2D eigenvalue weighted by Gasteiger charge is -2.29. The molecule has 3 aliphatic heterocycles. The molecule has 2 amide bonds. The van der Waals surface area contributed by atoms with Gasteiger partial charge in [0, 0.05) is 7.05 Å². The number of rotatable bonds is 0. The Labute approximate surface area is 152 Å². The summed E-state index contributed by atoms with van der Waals surface area (Å²) >= 11 is 9.00. The molecule has 0 radical (unpaired) electrons. The monoisotopic (exact) mass is 453 g/mol. The van der Waals surface area contributed by atoms with E-state index in [1.165, 1.54) is 16.7 Å². The molecule has 2 aromatic rings. The number of carbonyl (C=O) groups is 2. The van der Waals surface area contributed by atoms with Gasteiger partial charge in [-0.2, -0.15) is 0 Å². The van der Waals surface area contributed by atoms with E-state index in [1.54, 1.807) is 7.05 Å². The Hall–Kier alpha value is -0.990. The molecule has 0 unspecified atom stereocenters. The molecule has 0 N–H and O–H groups in total. The number of hydrogen-bond acceptors (Lipinski definition) is 5. The van der Waals surface area contributed by atoms with Crippen LogP contribution in [0.2, 0.25) is 0 Å². The van der Waals surface area contributed by atoms with Crippen molar-refractivity contribution in [3.8, 4) is 0 Å². The van der Waals surface area contributed by atoms with E-state index in [9.17, 15) is 9.59 Å². The van der Waals surface area contributed by atoms with Crippen molar-refractivity contribution in [1.82, 2.24) is 14.9 Å². The molecular formula is C15H9Br2N3O2S. The molecule has 1 aromatic heterocycles. The molecule has 3 aliphatic rings. The number of carbonyl (C=O) groups excluding carboxylic acids is 2. The van der Waals surface area contributed by atoms with Gasteiger partial charge >= 0.3 is 0 Å². The van der Waals surface area contributed by atoms with Crippen molar-refractivity contribution in [2.45, 2.75) is 7.31 Å². The number of hydrogen-bond donors (Lipinski definition) is 0. The number of thioether (sulfide) groups is 1. The summed E-state index contributed by atoms with van der Waals surface area (Å²) in [5.74, 6) is -1.25. The average Bonchev–Trinajstić information content (AvgIpc) is 3.02. The van der Waals surface area contributed by atoms with Crippen molar-refractivity contribution < 1.29 is 9.59 Å². The average molecular weight is 455 g/mol.